The Morgan fingerprint density at radius 1 is 1.03 bits per heavy atom. The van der Waals surface area contributed by atoms with Crippen molar-refractivity contribution >= 4 is 6.09 Å². The number of alkyl carbamates (subject to hydrolysis) is 1. The van der Waals surface area contributed by atoms with Gasteiger partial charge >= 0.3 is 6.09 Å². The van der Waals surface area contributed by atoms with E-state index in [-0.39, 0.29) is 24.8 Å². The van der Waals surface area contributed by atoms with Crippen LogP contribution in [0.3, 0.4) is 0 Å². The summed E-state index contributed by atoms with van der Waals surface area (Å²) < 4.78 is 5.48. The summed E-state index contributed by atoms with van der Waals surface area (Å²) in [6.07, 6.45) is -0.492. The molecule has 0 unspecified atom stereocenters. The molecule has 0 fully saturated rings. The molecule has 3 aromatic carbocycles. The maximum absolute atomic E-state index is 12.1. The van der Waals surface area contributed by atoms with Gasteiger partial charge in [-0.15, -0.1) is 0 Å². The van der Waals surface area contributed by atoms with Crippen LogP contribution in [0.5, 0.6) is 5.75 Å². The van der Waals surface area contributed by atoms with Gasteiger partial charge < -0.3 is 15.2 Å². The summed E-state index contributed by atoms with van der Waals surface area (Å²) in [5, 5.41) is 12.2. The van der Waals surface area contributed by atoms with Crippen LogP contribution in [0.25, 0.3) is 11.1 Å². The van der Waals surface area contributed by atoms with E-state index in [2.05, 4.69) is 41.4 Å². The van der Waals surface area contributed by atoms with Gasteiger partial charge in [-0.05, 0) is 46.9 Å². The van der Waals surface area contributed by atoms with E-state index in [0.29, 0.717) is 0 Å². The molecule has 0 heterocycles. The number of amides is 1. The Kier molecular flexibility index (Phi) is 5.22. The summed E-state index contributed by atoms with van der Waals surface area (Å²) in [5.74, 6) is 6.05. The molecule has 0 aliphatic heterocycles. The molecular weight excluding hydrogens is 362 g/mol. The SMILES string of the molecule is Cc1ccc(O)cc1C#CCNC(=O)OCC1c2ccccc2-c2ccccc21. The number of carbonyl (C=O) groups excluding carboxylic acids is 1. The van der Waals surface area contributed by atoms with E-state index in [9.17, 15) is 9.90 Å². The van der Waals surface area contributed by atoms with E-state index in [4.69, 9.17) is 4.74 Å². The van der Waals surface area contributed by atoms with Crippen LogP contribution < -0.4 is 5.32 Å². The Hall–Kier alpha value is -3.71. The van der Waals surface area contributed by atoms with Gasteiger partial charge in [0.1, 0.15) is 12.4 Å². The average Bonchev–Trinajstić information content (AvgIpc) is 3.06. The number of phenolic OH excluding ortho intramolecular Hbond substituents is 1. The van der Waals surface area contributed by atoms with E-state index in [1.807, 2.05) is 31.2 Å². The summed E-state index contributed by atoms with van der Waals surface area (Å²) in [7, 11) is 0. The van der Waals surface area contributed by atoms with E-state index in [0.717, 1.165) is 11.1 Å². The number of hydrogen-bond donors (Lipinski definition) is 2. The maximum atomic E-state index is 12.1. The number of phenols is 1. The molecule has 4 nitrogen and oxygen atoms in total. The molecule has 2 N–H and O–H groups in total. The van der Waals surface area contributed by atoms with Gasteiger partial charge in [-0.25, -0.2) is 4.79 Å². The van der Waals surface area contributed by atoms with Crippen molar-refractivity contribution in [1.82, 2.24) is 5.32 Å². The highest BCUT2D eigenvalue weighted by Crippen LogP contribution is 2.44. The molecule has 0 saturated heterocycles. The molecule has 4 heteroatoms. The van der Waals surface area contributed by atoms with Crippen molar-refractivity contribution in [2.24, 2.45) is 0 Å². The standard InChI is InChI=1S/C25H21NO3/c1-17-12-13-19(27)15-18(17)7-6-14-26-25(28)29-16-24-22-10-4-2-8-20(22)21-9-3-5-11-23(21)24/h2-5,8-13,15,24,27H,14,16H2,1H3,(H,26,28). The van der Waals surface area contributed by atoms with Gasteiger partial charge in [-0.1, -0.05) is 66.4 Å². The monoisotopic (exact) mass is 383 g/mol. The van der Waals surface area contributed by atoms with Crippen LogP contribution in [0.2, 0.25) is 0 Å². The molecule has 0 saturated carbocycles. The van der Waals surface area contributed by atoms with Crippen LogP contribution in [0.1, 0.15) is 28.2 Å². The van der Waals surface area contributed by atoms with Crippen molar-refractivity contribution in [3.63, 3.8) is 0 Å². The van der Waals surface area contributed by atoms with Gasteiger partial charge in [-0.2, -0.15) is 0 Å². The highest BCUT2D eigenvalue weighted by molar-refractivity contribution is 5.79. The normalized spacial score (nSPS) is 11.8. The number of benzene rings is 3. The summed E-state index contributed by atoms with van der Waals surface area (Å²) >= 11 is 0. The van der Waals surface area contributed by atoms with E-state index < -0.39 is 6.09 Å². The fraction of sp³-hybridized carbons (Fsp3) is 0.160. The highest BCUT2D eigenvalue weighted by Gasteiger charge is 2.28. The van der Waals surface area contributed by atoms with Gasteiger partial charge in [0.25, 0.3) is 0 Å². The van der Waals surface area contributed by atoms with Crippen LogP contribution in [-0.4, -0.2) is 24.4 Å². The first kappa shape index (κ1) is 18.6. The minimum Gasteiger partial charge on any atom is -0.508 e. The van der Waals surface area contributed by atoms with Crippen molar-refractivity contribution in [1.29, 1.82) is 0 Å². The van der Waals surface area contributed by atoms with Gasteiger partial charge in [0.15, 0.2) is 0 Å². The van der Waals surface area contributed by atoms with Crippen molar-refractivity contribution in [3.8, 4) is 28.7 Å². The van der Waals surface area contributed by atoms with Crippen molar-refractivity contribution in [2.45, 2.75) is 12.8 Å². The molecule has 29 heavy (non-hydrogen) atoms. The van der Waals surface area contributed by atoms with Gasteiger partial charge in [0.2, 0.25) is 0 Å². The van der Waals surface area contributed by atoms with Crippen LogP contribution >= 0.6 is 0 Å². The van der Waals surface area contributed by atoms with Crippen LogP contribution in [0.15, 0.2) is 66.7 Å². The molecule has 0 radical (unpaired) electrons. The maximum Gasteiger partial charge on any atom is 0.407 e. The lowest BCUT2D eigenvalue weighted by molar-refractivity contribution is 0.144. The Morgan fingerprint density at radius 2 is 1.69 bits per heavy atom. The van der Waals surface area contributed by atoms with E-state index in [1.54, 1.807) is 18.2 Å². The lowest BCUT2D eigenvalue weighted by Gasteiger charge is -2.14. The minimum atomic E-state index is -0.492. The highest BCUT2D eigenvalue weighted by atomic mass is 16.5. The number of aromatic hydroxyl groups is 1. The Bertz CT molecular complexity index is 1080. The van der Waals surface area contributed by atoms with Gasteiger partial charge in [-0.3, -0.25) is 0 Å². The van der Waals surface area contributed by atoms with Crippen LogP contribution in [-0.2, 0) is 4.74 Å². The third kappa shape index (κ3) is 3.95. The second kappa shape index (κ2) is 8.12. The number of fused-ring (bicyclic) bond motifs is 3. The summed E-state index contributed by atoms with van der Waals surface area (Å²) in [4.78, 5) is 12.1. The van der Waals surface area contributed by atoms with Crippen molar-refractivity contribution < 1.29 is 14.6 Å². The third-order valence-electron chi connectivity index (χ3n) is 5.11. The van der Waals surface area contributed by atoms with Crippen molar-refractivity contribution in [3.05, 3.63) is 89.0 Å². The first-order valence-corrected chi connectivity index (χ1v) is 9.51. The molecule has 4 rings (SSSR count). The lowest BCUT2D eigenvalue weighted by atomic mass is 9.98. The predicted octanol–water partition coefficient (Wildman–Crippen LogP) is 4.59. The molecular formula is C25H21NO3. The number of aryl methyl sites for hydroxylation is 1. The minimum absolute atomic E-state index is 0.0363. The molecule has 0 spiro atoms. The second-order valence-corrected chi connectivity index (χ2v) is 6.98. The first-order valence-electron chi connectivity index (χ1n) is 9.51. The Morgan fingerprint density at radius 3 is 2.38 bits per heavy atom. The smallest absolute Gasteiger partial charge is 0.407 e. The summed E-state index contributed by atoms with van der Waals surface area (Å²) in [5.41, 5.74) is 6.46. The van der Waals surface area contributed by atoms with Gasteiger partial charge in [0.05, 0.1) is 6.54 Å². The van der Waals surface area contributed by atoms with E-state index >= 15 is 0 Å². The molecule has 144 valence electrons. The largest absolute Gasteiger partial charge is 0.508 e. The van der Waals surface area contributed by atoms with Gasteiger partial charge in [0, 0.05) is 11.5 Å². The molecule has 0 bridgehead atoms. The van der Waals surface area contributed by atoms with Crippen LogP contribution in [0, 0.1) is 18.8 Å². The summed E-state index contributed by atoms with van der Waals surface area (Å²) in [6.45, 7) is 2.37. The quantitative estimate of drug-likeness (QED) is 0.651. The number of carbonyl (C=O) groups is 1. The fourth-order valence-corrected chi connectivity index (χ4v) is 3.65. The third-order valence-corrected chi connectivity index (χ3v) is 5.11. The predicted molar refractivity (Wildman–Crippen MR) is 113 cm³/mol. The molecule has 1 aliphatic rings. The molecule has 0 aromatic heterocycles. The van der Waals surface area contributed by atoms with Crippen molar-refractivity contribution in [2.75, 3.05) is 13.2 Å². The number of hydrogen-bond acceptors (Lipinski definition) is 3. The fourth-order valence-electron chi connectivity index (χ4n) is 3.65. The topological polar surface area (TPSA) is 58.6 Å². The molecule has 3 aromatic rings. The Labute approximate surface area is 170 Å². The van der Waals surface area contributed by atoms with E-state index in [1.165, 1.54) is 22.3 Å². The molecule has 1 aliphatic carbocycles. The number of ether oxygens (including phenoxy) is 1. The molecule has 1 amide bonds. The zero-order valence-corrected chi connectivity index (χ0v) is 16.1. The zero-order chi connectivity index (χ0) is 20.2. The second-order valence-electron chi connectivity index (χ2n) is 6.98. The number of nitrogens with one attached hydrogen (secondary N) is 1. The first-order chi connectivity index (χ1) is 14.1. The Balaban J connectivity index is 1.36. The lowest BCUT2D eigenvalue weighted by Crippen LogP contribution is -2.26. The molecule has 0 atom stereocenters. The number of rotatable bonds is 3. The van der Waals surface area contributed by atoms with Crippen LogP contribution in [0.4, 0.5) is 4.79 Å². The average molecular weight is 383 g/mol. The summed E-state index contributed by atoms with van der Waals surface area (Å²) in [6, 6.07) is 21.5. The zero-order valence-electron chi connectivity index (χ0n) is 16.1.